The summed E-state index contributed by atoms with van der Waals surface area (Å²) in [4.78, 5) is 19.0. The number of carbonyl (C=O) groups is 1. The summed E-state index contributed by atoms with van der Waals surface area (Å²) in [5.41, 5.74) is -0.200. The minimum Gasteiger partial charge on any atom is -0.343 e. The Morgan fingerprint density at radius 2 is 1.63 bits per heavy atom. The first-order chi connectivity index (χ1) is 14.2. The van der Waals surface area contributed by atoms with E-state index in [-0.39, 0.29) is 17.5 Å². The van der Waals surface area contributed by atoms with Crippen LogP contribution in [0.1, 0.15) is 33.6 Å². The van der Waals surface area contributed by atoms with Gasteiger partial charge in [-0.1, -0.05) is 18.2 Å². The zero-order valence-electron chi connectivity index (χ0n) is 18.3. The summed E-state index contributed by atoms with van der Waals surface area (Å²) >= 11 is 0. The Hall–Kier alpha value is -1.48. The van der Waals surface area contributed by atoms with E-state index < -0.39 is 10.0 Å². The molecular weight excluding hydrogens is 400 g/mol. The molecule has 0 saturated carbocycles. The van der Waals surface area contributed by atoms with Gasteiger partial charge in [0.15, 0.2) is 0 Å². The van der Waals surface area contributed by atoms with Gasteiger partial charge in [-0.3, -0.25) is 14.6 Å². The average Bonchev–Trinajstić information content (AvgIpc) is 2.73. The Morgan fingerprint density at radius 3 is 2.27 bits per heavy atom. The summed E-state index contributed by atoms with van der Waals surface area (Å²) in [6.07, 6.45) is 2.00. The van der Waals surface area contributed by atoms with Gasteiger partial charge in [0.2, 0.25) is 15.9 Å². The third-order valence-corrected chi connectivity index (χ3v) is 8.90. The highest BCUT2D eigenvalue weighted by Gasteiger charge is 2.46. The number of piperazine rings is 2. The van der Waals surface area contributed by atoms with Crippen LogP contribution in [-0.2, 0) is 14.8 Å². The van der Waals surface area contributed by atoms with Crippen molar-refractivity contribution in [2.24, 2.45) is 0 Å². The van der Waals surface area contributed by atoms with Crippen LogP contribution in [0, 0.1) is 0 Å². The summed E-state index contributed by atoms with van der Waals surface area (Å²) < 4.78 is 28.3. The molecule has 3 aliphatic heterocycles. The second-order valence-corrected chi connectivity index (χ2v) is 11.4. The quantitative estimate of drug-likeness (QED) is 0.721. The van der Waals surface area contributed by atoms with Gasteiger partial charge < -0.3 is 4.90 Å². The van der Waals surface area contributed by atoms with Crippen molar-refractivity contribution in [3.8, 4) is 0 Å². The molecule has 1 atom stereocenters. The van der Waals surface area contributed by atoms with E-state index in [0.717, 1.165) is 45.6 Å². The van der Waals surface area contributed by atoms with Crippen molar-refractivity contribution in [1.29, 1.82) is 0 Å². The number of rotatable bonds is 3. The zero-order chi connectivity index (χ0) is 21.5. The second-order valence-electron chi connectivity index (χ2n) is 9.50. The van der Waals surface area contributed by atoms with Crippen LogP contribution >= 0.6 is 0 Å². The van der Waals surface area contributed by atoms with Crippen molar-refractivity contribution in [2.75, 3.05) is 45.8 Å². The highest BCUT2D eigenvalue weighted by atomic mass is 32.2. The molecule has 0 spiro atoms. The number of likely N-dealkylation sites (tertiary alicyclic amines) is 1. The van der Waals surface area contributed by atoms with Crippen LogP contribution in [0.4, 0.5) is 0 Å². The first-order valence-corrected chi connectivity index (χ1v) is 12.4. The fourth-order valence-electron chi connectivity index (χ4n) is 5.46. The SMILES string of the molecule is CC(=O)N1CCC(N2CCN3C(C2)CN(S(=O)(=O)c2ccccc2)CC3(C)C)CC1. The van der Waals surface area contributed by atoms with E-state index in [1.807, 2.05) is 11.0 Å². The predicted octanol–water partition coefficient (Wildman–Crippen LogP) is 1.47. The van der Waals surface area contributed by atoms with E-state index in [0.29, 0.717) is 24.0 Å². The number of sulfonamides is 1. The molecule has 3 fully saturated rings. The Bertz CT molecular complexity index is 866. The van der Waals surface area contributed by atoms with Crippen LogP contribution in [0.25, 0.3) is 0 Å². The molecule has 1 unspecified atom stereocenters. The largest absolute Gasteiger partial charge is 0.343 e. The van der Waals surface area contributed by atoms with Gasteiger partial charge in [-0.2, -0.15) is 4.31 Å². The first-order valence-electron chi connectivity index (χ1n) is 11.0. The average molecular weight is 435 g/mol. The highest BCUT2D eigenvalue weighted by Crippen LogP contribution is 2.32. The van der Waals surface area contributed by atoms with Gasteiger partial charge in [-0.25, -0.2) is 8.42 Å². The molecule has 1 aromatic carbocycles. The maximum Gasteiger partial charge on any atom is 0.243 e. The highest BCUT2D eigenvalue weighted by molar-refractivity contribution is 7.89. The van der Waals surface area contributed by atoms with E-state index in [1.54, 1.807) is 35.5 Å². The van der Waals surface area contributed by atoms with Crippen molar-refractivity contribution in [3.05, 3.63) is 30.3 Å². The molecule has 8 heteroatoms. The number of benzene rings is 1. The van der Waals surface area contributed by atoms with Crippen molar-refractivity contribution in [1.82, 2.24) is 19.0 Å². The van der Waals surface area contributed by atoms with Crippen molar-refractivity contribution < 1.29 is 13.2 Å². The molecule has 0 radical (unpaired) electrons. The van der Waals surface area contributed by atoms with Gasteiger partial charge in [-0.05, 0) is 38.8 Å². The second kappa shape index (κ2) is 8.22. The van der Waals surface area contributed by atoms with E-state index in [9.17, 15) is 13.2 Å². The topological polar surface area (TPSA) is 64.2 Å². The molecular formula is C22H34N4O3S. The number of nitrogens with zero attached hydrogens (tertiary/aromatic N) is 4. The van der Waals surface area contributed by atoms with Crippen molar-refractivity contribution in [3.63, 3.8) is 0 Å². The smallest absolute Gasteiger partial charge is 0.243 e. The van der Waals surface area contributed by atoms with Crippen LogP contribution in [0.3, 0.4) is 0 Å². The summed E-state index contributed by atoms with van der Waals surface area (Å²) in [5.74, 6) is 0.161. The molecule has 1 aromatic rings. The Kier molecular flexibility index (Phi) is 5.96. The third kappa shape index (κ3) is 4.15. The van der Waals surface area contributed by atoms with Gasteiger partial charge in [0, 0.05) is 70.4 Å². The van der Waals surface area contributed by atoms with Gasteiger partial charge in [0.1, 0.15) is 0 Å². The lowest BCUT2D eigenvalue weighted by Gasteiger charge is -2.56. The number of piperidine rings is 1. The Morgan fingerprint density at radius 1 is 0.967 bits per heavy atom. The van der Waals surface area contributed by atoms with Crippen molar-refractivity contribution in [2.45, 2.75) is 56.1 Å². The van der Waals surface area contributed by atoms with Crippen LogP contribution < -0.4 is 0 Å². The molecule has 166 valence electrons. The number of amides is 1. The fraction of sp³-hybridized carbons (Fsp3) is 0.682. The molecule has 3 aliphatic rings. The molecule has 0 aromatic heterocycles. The Labute approximate surface area is 180 Å². The lowest BCUT2D eigenvalue weighted by Crippen LogP contribution is -2.71. The maximum absolute atomic E-state index is 13.3. The standard InChI is InChI=1S/C22H34N4O3S/c1-18(27)23-11-9-19(10-12-23)24-13-14-26-20(15-24)16-25(17-22(26,2)3)30(28,29)21-7-5-4-6-8-21/h4-8,19-20H,9-17H2,1-3H3. The van der Waals surface area contributed by atoms with Gasteiger partial charge in [0.05, 0.1) is 4.90 Å². The van der Waals surface area contributed by atoms with Gasteiger partial charge in [-0.15, -0.1) is 0 Å². The monoisotopic (exact) mass is 434 g/mol. The van der Waals surface area contributed by atoms with E-state index in [2.05, 4.69) is 23.6 Å². The fourth-order valence-corrected chi connectivity index (χ4v) is 7.11. The van der Waals surface area contributed by atoms with Crippen LogP contribution in [0.2, 0.25) is 0 Å². The molecule has 0 bridgehead atoms. The molecule has 30 heavy (non-hydrogen) atoms. The molecule has 0 aliphatic carbocycles. The van der Waals surface area contributed by atoms with Crippen LogP contribution in [-0.4, -0.2) is 96.8 Å². The molecule has 3 heterocycles. The molecule has 0 N–H and O–H groups in total. The molecule has 3 saturated heterocycles. The zero-order valence-corrected chi connectivity index (χ0v) is 19.1. The number of fused-ring (bicyclic) bond motifs is 1. The number of hydrogen-bond donors (Lipinski definition) is 0. The molecule has 1 amide bonds. The van der Waals surface area contributed by atoms with E-state index in [1.165, 1.54) is 0 Å². The maximum atomic E-state index is 13.3. The minimum atomic E-state index is -3.50. The van der Waals surface area contributed by atoms with Gasteiger partial charge >= 0.3 is 0 Å². The summed E-state index contributed by atoms with van der Waals surface area (Å²) in [5, 5.41) is 0. The third-order valence-electron chi connectivity index (χ3n) is 7.08. The first kappa shape index (κ1) is 21.7. The number of carbonyl (C=O) groups excluding carboxylic acids is 1. The summed E-state index contributed by atoms with van der Waals surface area (Å²) in [6, 6.07) is 9.44. The lowest BCUT2D eigenvalue weighted by atomic mass is 9.92. The molecule has 4 rings (SSSR count). The summed E-state index contributed by atoms with van der Waals surface area (Å²) in [6.45, 7) is 11.5. The van der Waals surface area contributed by atoms with Gasteiger partial charge in [0.25, 0.3) is 0 Å². The van der Waals surface area contributed by atoms with E-state index >= 15 is 0 Å². The lowest BCUT2D eigenvalue weighted by molar-refractivity contribution is -0.130. The molecule has 7 nitrogen and oxygen atoms in total. The Balaban J connectivity index is 1.48. The van der Waals surface area contributed by atoms with Crippen LogP contribution in [0.15, 0.2) is 35.2 Å². The minimum absolute atomic E-state index is 0.161. The number of hydrogen-bond acceptors (Lipinski definition) is 5. The predicted molar refractivity (Wildman–Crippen MR) is 117 cm³/mol. The van der Waals surface area contributed by atoms with E-state index in [4.69, 9.17) is 0 Å². The summed E-state index contributed by atoms with van der Waals surface area (Å²) in [7, 11) is -3.50. The normalized spacial score (nSPS) is 27.0. The van der Waals surface area contributed by atoms with Crippen molar-refractivity contribution >= 4 is 15.9 Å². The van der Waals surface area contributed by atoms with Crippen LogP contribution in [0.5, 0.6) is 0 Å².